The van der Waals surface area contributed by atoms with Gasteiger partial charge in [0, 0.05) is 48.6 Å². The smallest absolute Gasteiger partial charge is 0.377 e. The van der Waals surface area contributed by atoms with Gasteiger partial charge in [0.25, 0.3) is 5.91 Å². The normalized spacial score (nSPS) is 24.1. The first kappa shape index (κ1) is 26.7. The van der Waals surface area contributed by atoms with Crippen molar-refractivity contribution in [2.24, 2.45) is 0 Å². The zero-order valence-corrected chi connectivity index (χ0v) is 24.1. The molecule has 42 heavy (non-hydrogen) atoms. The van der Waals surface area contributed by atoms with Gasteiger partial charge < -0.3 is 25.2 Å². The molecule has 0 spiro atoms. The summed E-state index contributed by atoms with van der Waals surface area (Å²) < 4.78 is 47.8. The Balaban J connectivity index is 1.12. The number of thioether (sulfide) groups is 1. The first-order valence-corrected chi connectivity index (χ1v) is 16.0. The van der Waals surface area contributed by atoms with Crippen LogP contribution in [0.4, 0.5) is 30.6 Å². The average Bonchev–Trinajstić information content (AvgIpc) is 3.39. The van der Waals surface area contributed by atoms with E-state index in [4.69, 9.17) is 9.72 Å². The zero-order chi connectivity index (χ0) is 28.6. The van der Waals surface area contributed by atoms with E-state index >= 15 is 0 Å². The van der Waals surface area contributed by atoms with Crippen molar-refractivity contribution in [3.8, 4) is 10.6 Å². The van der Waals surface area contributed by atoms with Gasteiger partial charge in [-0.3, -0.25) is 4.79 Å². The molecular weight excluding hydrogens is 587 g/mol. The standard InChI is InChI=1S/C28H28F3N7O2S2/c29-28(30,31)19-9-34-27(35-20-10-33-23(6-18(20)14-1-2-14)38-11-15-5-16(38)8-32-15)36-24(19)21-7-22-25(42-21)26(39)37(3-4-41-22)17-12-40-13-17/h6-7,9-10,14-17,32H,1-5,8,11-13H2,(H,34,35,36)/t15-,16-/m1/s1. The number of halogens is 3. The molecule has 1 aliphatic carbocycles. The Hall–Kier alpha value is -2.94. The van der Waals surface area contributed by atoms with Crippen LogP contribution in [-0.4, -0.2) is 82.5 Å². The Morgan fingerprint density at radius 2 is 1.95 bits per heavy atom. The predicted molar refractivity (Wildman–Crippen MR) is 154 cm³/mol. The molecule has 14 heteroatoms. The summed E-state index contributed by atoms with van der Waals surface area (Å²) in [6, 6.07) is 4.72. The van der Waals surface area contributed by atoms with Gasteiger partial charge >= 0.3 is 6.18 Å². The van der Waals surface area contributed by atoms with Crippen molar-refractivity contribution in [3.05, 3.63) is 40.5 Å². The van der Waals surface area contributed by atoms with Crippen LogP contribution in [0, 0.1) is 0 Å². The van der Waals surface area contributed by atoms with E-state index in [0.29, 0.717) is 63.9 Å². The highest BCUT2D eigenvalue weighted by molar-refractivity contribution is 7.99. The van der Waals surface area contributed by atoms with E-state index in [1.807, 2.05) is 0 Å². The molecule has 3 saturated heterocycles. The molecule has 0 aromatic carbocycles. The number of fused-ring (bicyclic) bond motifs is 3. The van der Waals surface area contributed by atoms with Crippen molar-refractivity contribution in [1.29, 1.82) is 0 Å². The second-order valence-corrected chi connectivity index (χ2v) is 13.7. The zero-order valence-electron chi connectivity index (χ0n) is 22.5. The van der Waals surface area contributed by atoms with Crippen LogP contribution in [-0.2, 0) is 10.9 Å². The number of piperazine rings is 1. The largest absolute Gasteiger partial charge is 0.420 e. The van der Waals surface area contributed by atoms with Crippen molar-refractivity contribution in [2.45, 2.75) is 54.4 Å². The summed E-state index contributed by atoms with van der Waals surface area (Å²) in [7, 11) is 0. The lowest BCUT2D eigenvalue weighted by Crippen LogP contribution is -2.52. The molecule has 4 aliphatic heterocycles. The van der Waals surface area contributed by atoms with Crippen molar-refractivity contribution in [2.75, 3.05) is 48.8 Å². The van der Waals surface area contributed by atoms with E-state index in [2.05, 4.69) is 31.6 Å². The van der Waals surface area contributed by atoms with Crippen LogP contribution in [0.25, 0.3) is 10.6 Å². The molecule has 2 atom stereocenters. The first-order valence-electron chi connectivity index (χ1n) is 14.2. The van der Waals surface area contributed by atoms with Gasteiger partial charge in [0.05, 0.1) is 41.7 Å². The molecular formula is C28H28F3N7O2S2. The van der Waals surface area contributed by atoms with Crippen LogP contribution in [0.1, 0.15) is 46.0 Å². The third kappa shape index (κ3) is 4.72. The number of hydrogen-bond donors (Lipinski definition) is 2. The van der Waals surface area contributed by atoms with Crippen molar-refractivity contribution in [1.82, 2.24) is 25.2 Å². The summed E-state index contributed by atoms with van der Waals surface area (Å²) in [5, 5.41) is 6.69. The van der Waals surface area contributed by atoms with E-state index in [1.165, 1.54) is 11.8 Å². The highest BCUT2D eigenvalue weighted by Gasteiger charge is 2.40. The van der Waals surface area contributed by atoms with Crippen molar-refractivity contribution < 1.29 is 22.7 Å². The van der Waals surface area contributed by atoms with Gasteiger partial charge in [0.2, 0.25) is 5.95 Å². The van der Waals surface area contributed by atoms with E-state index in [0.717, 1.165) is 61.3 Å². The van der Waals surface area contributed by atoms with E-state index in [1.54, 1.807) is 17.2 Å². The Morgan fingerprint density at radius 3 is 2.64 bits per heavy atom. The molecule has 1 amide bonds. The predicted octanol–water partition coefficient (Wildman–Crippen LogP) is 4.74. The minimum absolute atomic E-state index is 0.00753. The van der Waals surface area contributed by atoms with Gasteiger partial charge in [0.1, 0.15) is 16.3 Å². The summed E-state index contributed by atoms with van der Waals surface area (Å²) >= 11 is 2.54. The minimum atomic E-state index is -4.66. The van der Waals surface area contributed by atoms with Crippen LogP contribution in [0.2, 0.25) is 0 Å². The fraction of sp³-hybridized carbons (Fsp3) is 0.500. The van der Waals surface area contributed by atoms with Gasteiger partial charge in [-0.2, -0.15) is 13.2 Å². The number of anilines is 3. The fourth-order valence-electron chi connectivity index (χ4n) is 6.24. The average molecular weight is 616 g/mol. The monoisotopic (exact) mass is 615 g/mol. The molecule has 7 heterocycles. The van der Waals surface area contributed by atoms with E-state index in [9.17, 15) is 18.0 Å². The number of rotatable bonds is 6. The Labute approximate surface area is 248 Å². The number of ether oxygens (including phenoxy) is 1. The number of thiophene rings is 1. The van der Waals surface area contributed by atoms with Crippen LogP contribution >= 0.6 is 23.1 Å². The highest BCUT2D eigenvalue weighted by atomic mass is 32.2. The van der Waals surface area contributed by atoms with Crippen LogP contribution in [0.5, 0.6) is 0 Å². The number of carbonyl (C=O) groups is 1. The molecule has 5 aliphatic rings. The molecule has 0 radical (unpaired) electrons. The summed E-state index contributed by atoms with van der Waals surface area (Å²) in [6.45, 7) is 3.43. The van der Waals surface area contributed by atoms with Gasteiger partial charge in [-0.05, 0) is 42.9 Å². The second-order valence-electron chi connectivity index (χ2n) is 11.5. The molecule has 1 saturated carbocycles. The maximum atomic E-state index is 14.2. The molecule has 9 nitrogen and oxygen atoms in total. The van der Waals surface area contributed by atoms with Gasteiger partial charge in [-0.1, -0.05) is 0 Å². The summed E-state index contributed by atoms with van der Waals surface area (Å²) in [5.74, 6) is 1.88. The third-order valence-electron chi connectivity index (χ3n) is 8.67. The lowest BCUT2D eigenvalue weighted by Gasteiger charge is -2.36. The molecule has 220 valence electrons. The Bertz CT molecular complexity index is 1560. The van der Waals surface area contributed by atoms with Crippen molar-refractivity contribution >= 4 is 46.5 Å². The molecule has 2 bridgehead atoms. The van der Waals surface area contributed by atoms with E-state index in [-0.39, 0.29) is 23.6 Å². The lowest BCUT2D eigenvalue weighted by molar-refractivity contribution is -0.137. The van der Waals surface area contributed by atoms with Crippen LogP contribution in [0.3, 0.4) is 0 Å². The molecule has 4 fully saturated rings. The van der Waals surface area contributed by atoms with Gasteiger partial charge in [-0.25, -0.2) is 15.0 Å². The van der Waals surface area contributed by atoms with Gasteiger partial charge in [-0.15, -0.1) is 23.1 Å². The number of alkyl halides is 3. The third-order valence-corrected chi connectivity index (χ3v) is 10.9. The maximum absolute atomic E-state index is 14.2. The molecule has 0 unspecified atom stereocenters. The maximum Gasteiger partial charge on any atom is 0.420 e. The summed E-state index contributed by atoms with van der Waals surface area (Å²) in [6.07, 6.45) is 1.15. The van der Waals surface area contributed by atoms with E-state index < -0.39 is 11.7 Å². The number of carbonyl (C=O) groups excluding carboxylic acids is 1. The molecule has 3 aromatic heterocycles. The fourth-order valence-corrected chi connectivity index (χ4v) is 8.55. The molecule has 8 rings (SSSR count). The number of amides is 1. The van der Waals surface area contributed by atoms with Gasteiger partial charge in [0.15, 0.2) is 0 Å². The summed E-state index contributed by atoms with van der Waals surface area (Å²) in [4.78, 5) is 32.1. The number of aromatic nitrogens is 3. The first-order chi connectivity index (χ1) is 20.3. The number of hydrogen-bond acceptors (Lipinski definition) is 10. The minimum Gasteiger partial charge on any atom is -0.377 e. The van der Waals surface area contributed by atoms with Crippen LogP contribution in [0.15, 0.2) is 29.4 Å². The molecule has 3 aromatic rings. The topological polar surface area (TPSA) is 95.5 Å². The number of nitrogens with one attached hydrogen (secondary N) is 2. The quantitative estimate of drug-likeness (QED) is 0.408. The number of pyridine rings is 1. The number of nitrogens with zero attached hydrogens (tertiary/aromatic N) is 5. The highest BCUT2D eigenvalue weighted by Crippen LogP contribution is 2.46. The van der Waals surface area contributed by atoms with Crippen molar-refractivity contribution in [3.63, 3.8) is 0 Å². The second kappa shape index (κ2) is 10.1. The SMILES string of the molecule is O=C1c2sc(-c3nc(Nc4cnc(N5C[C@H]6C[C@@H]5CN6)cc4C4CC4)ncc3C(F)(F)F)cc2SCCN1C1COC1. The Kier molecular flexibility index (Phi) is 6.39. The summed E-state index contributed by atoms with van der Waals surface area (Å²) in [5.41, 5.74) is 0.633. The molecule has 2 N–H and O–H groups in total. The Morgan fingerprint density at radius 1 is 1.10 bits per heavy atom. The lowest BCUT2D eigenvalue weighted by atomic mass is 10.1. The van der Waals surface area contributed by atoms with Crippen LogP contribution < -0.4 is 15.5 Å².